The predicted molar refractivity (Wildman–Crippen MR) is 133 cm³/mol. The summed E-state index contributed by atoms with van der Waals surface area (Å²) in [6.07, 6.45) is 10.2. The van der Waals surface area contributed by atoms with Crippen molar-refractivity contribution >= 4 is 11.7 Å². The summed E-state index contributed by atoms with van der Waals surface area (Å²) in [5.41, 5.74) is 3.13. The summed E-state index contributed by atoms with van der Waals surface area (Å²) in [6.45, 7) is 0. The summed E-state index contributed by atoms with van der Waals surface area (Å²) in [5.74, 6) is 3.29. The maximum absolute atomic E-state index is 13.7. The number of rotatable bonds is 4. The molecule has 5 heteroatoms. The number of amides is 1. The van der Waals surface area contributed by atoms with Gasteiger partial charge in [0.25, 0.3) is 5.91 Å². The van der Waals surface area contributed by atoms with Crippen molar-refractivity contribution < 1.29 is 4.79 Å². The van der Waals surface area contributed by atoms with E-state index in [1.165, 1.54) is 30.4 Å². The van der Waals surface area contributed by atoms with E-state index in [-0.39, 0.29) is 23.5 Å². The van der Waals surface area contributed by atoms with E-state index in [1.807, 2.05) is 10.7 Å². The topological polar surface area (TPSA) is 59.0 Å². The van der Waals surface area contributed by atoms with E-state index in [2.05, 4.69) is 65.2 Å². The van der Waals surface area contributed by atoms with Crippen molar-refractivity contribution in [3.05, 3.63) is 83.6 Å². The molecule has 4 bridgehead atoms. The summed E-state index contributed by atoms with van der Waals surface area (Å²) in [6, 6.07) is 21.3. The highest BCUT2D eigenvalue weighted by Gasteiger charge is 2.51. The van der Waals surface area contributed by atoms with Crippen LogP contribution >= 0.6 is 0 Å². The second-order valence-corrected chi connectivity index (χ2v) is 11.3. The van der Waals surface area contributed by atoms with Crippen molar-refractivity contribution in [2.24, 2.45) is 17.8 Å². The van der Waals surface area contributed by atoms with E-state index in [1.54, 1.807) is 6.20 Å². The van der Waals surface area contributed by atoms with E-state index < -0.39 is 0 Å². The first kappa shape index (κ1) is 20.3. The molecule has 4 saturated carbocycles. The number of carbonyl (C=O) groups is 1. The van der Waals surface area contributed by atoms with Crippen LogP contribution in [0.4, 0.5) is 5.82 Å². The predicted octanol–water partition coefficient (Wildman–Crippen LogP) is 5.73. The largest absolute Gasteiger partial charge is 0.363 e. The van der Waals surface area contributed by atoms with Gasteiger partial charge in [0.1, 0.15) is 11.4 Å². The van der Waals surface area contributed by atoms with Gasteiger partial charge in [0.15, 0.2) is 0 Å². The van der Waals surface area contributed by atoms with Crippen LogP contribution in [0.1, 0.15) is 78.5 Å². The van der Waals surface area contributed by atoms with Crippen LogP contribution in [0.25, 0.3) is 0 Å². The molecule has 2 atom stereocenters. The average Bonchev–Trinajstić information content (AvgIpc) is 3.28. The lowest BCUT2D eigenvalue weighted by Crippen LogP contribution is -2.59. The van der Waals surface area contributed by atoms with E-state index >= 15 is 0 Å². The van der Waals surface area contributed by atoms with Crippen LogP contribution in [0, 0.1) is 17.8 Å². The fourth-order valence-corrected chi connectivity index (χ4v) is 7.88. The molecule has 1 aliphatic heterocycles. The Morgan fingerprint density at radius 1 is 0.853 bits per heavy atom. The molecule has 3 aromatic rings. The maximum Gasteiger partial charge on any atom is 0.257 e. The fraction of sp³-hybridized carbons (Fsp3) is 0.448. The second kappa shape index (κ2) is 7.72. The van der Waals surface area contributed by atoms with Crippen molar-refractivity contribution in [3.8, 4) is 0 Å². The zero-order valence-electron chi connectivity index (χ0n) is 19.5. The van der Waals surface area contributed by atoms with Gasteiger partial charge in [-0.1, -0.05) is 60.7 Å². The number of fused-ring (bicyclic) bond motifs is 1. The molecule has 4 fully saturated rings. The number of nitrogens with zero attached hydrogens (tertiary/aromatic N) is 2. The van der Waals surface area contributed by atoms with Crippen LogP contribution in [-0.4, -0.2) is 21.2 Å². The van der Waals surface area contributed by atoms with Crippen LogP contribution in [-0.2, 0) is 0 Å². The minimum Gasteiger partial charge on any atom is -0.363 e. The summed E-state index contributed by atoms with van der Waals surface area (Å²) in [4.78, 5) is 13.7. The van der Waals surface area contributed by atoms with E-state index in [9.17, 15) is 4.79 Å². The molecule has 4 aliphatic carbocycles. The summed E-state index contributed by atoms with van der Waals surface area (Å²) < 4.78 is 2.03. The minimum atomic E-state index is -0.00696. The van der Waals surface area contributed by atoms with Crippen LogP contribution < -0.4 is 10.6 Å². The molecule has 2 heterocycles. The number of anilines is 1. The molecule has 0 saturated heterocycles. The van der Waals surface area contributed by atoms with Crippen LogP contribution in [0.15, 0.2) is 66.9 Å². The number of hydrogen-bond acceptors (Lipinski definition) is 3. The van der Waals surface area contributed by atoms with Crippen molar-refractivity contribution in [1.29, 1.82) is 0 Å². The van der Waals surface area contributed by atoms with Crippen molar-refractivity contribution in [2.75, 3.05) is 5.32 Å². The Labute approximate surface area is 200 Å². The molecular weight excluding hydrogens is 420 g/mol. The number of benzene rings is 2. The Morgan fingerprint density at radius 3 is 2.06 bits per heavy atom. The van der Waals surface area contributed by atoms with E-state index in [0.29, 0.717) is 5.56 Å². The molecule has 5 nitrogen and oxygen atoms in total. The average molecular weight is 453 g/mol. The molecule has 174 valence electrons. The van der Waals surface area contributed by atoms with Crippen LogP contribution in [0.3, 0.4) is 0 Å². The molecule has 1 aromatic heterocycles. The lowest BCUT2D eigenvalue weighted by atomic mass is 9.53. The quantitative estimate of drug-likeness (QED) is 0.532. The van der Waals surface area contributed by atoms with Gasteiger partial charge in [-0.2, -0.15) is 5.10 Å². The third-order valence-electron chi connectivity index (χ3n) is 8.91. The molecular formula is C29H32N4O. The van der Waals surface area contributed by atoms with E-state index in [4.69, 9.17) is 5.10 Å². The molecule has 1 amide bonds. The van der Waals surface area contributed by atoms with Gasteiger partial charge in [-0.25, -0.2) is 4.68 Å². The Hall–Kier alpha value is -3.08. The second-order valence-electron chi connectivity index (χ2n) is 11.3. The van der Waals surface area contributed by atoms with Gasteiger partial charge in [-0.05, 0) is 73.8 Å². The lowest BCUT2D eigenvalue weighted by molar-refractivity contribution is -0.0166. The SMILES string of the molecule is O=C(NC12CC3CC(CC(C3)C1)C2)c1cnn2c1NC(c1ccccc1)CC2c1ccccc1. The van der Waals surface area contributed by atoms with E-state index in [0.717, 1.165) is 49.3 Å². The molecule has 2 unspecified atom stereocenters. The number of aromatic nitrogens is 2. The maximum atomic E-state index is 13.7. The molecule has 8 rings (SSSR count). The van der Waals surface area contributed by atoms with Gasteiger partial charge in [-0.3, -0.25) is 4.79 Å². The molecule has 5 aliphatic rings. The zero-order valence-corrected chi connectivity index (χ0v) is 19.5. The summed E-state index contributed by atoms with van der Waals surface area (Å²) in [7, 11) is 0. The first-order valence-electron chi connectivity index (χ1n) is 12.9. The molecule has 2 N–H and O–H groups in total. The normalized spacial score (nSPS) is 33.2. The lowest BCUT2D eigenvalue weighted by Gasteiger charge is -2.56. The first-order valence-corrected chi connectivity index (χ1v) is 12.9. The Kier molecular flexibility index (Phi) is 4.61. The highest BCUT2D eigenvalue weighted by molar-refractivity contribution is 5.99. The fourth-order valence-electron chi connectivity index (χ4n) is 7.88. The number of carbonyl (C=O) groups excluding carboxylic acids is 1. The summed E-state index contributed by atoms with van der Waals surface area (Å²) in [5, 5.41) is 12.0. The minimum absolute atomic E-state index is 0.00696. The van der Waals surface area contributed by atoms with Crippen molar-refractivity contribution in [3.63, 3.8) is 0 Å². The van der Waals surface area contributed by atoms with Crippen molar-refractivity contribution in [2.45, 2.75) is 62.6 Å². The number of nitrogens with one attached hydrogen (secondary N) is 2. The first-order chi connectivity index (χ1) is 16.7. The molecule has 34 heavy (non-hydrogen) atoms. The standard InChI is InChI=1S/C29H32N4O/c34-28(32-29-15-19-11-20(16-29)13-21(12-19)17-29)24-18-30-33-26(23-9-5-2-6-10-23)14-25(31-27(24)33)22-7-3-1-4-8-22/h1-10,18-21,25-26,31H,11-17H2,(H,32,34). The third-order valence-corrected chi connectivity index (χ3v) is 8.91. The smallest absolute Gasteiger partial charge is 0.257 e. The Morgan fingerprint density at radius 2 is 1.44 bits per heavy atom. The molecule has 0 radical (unpaired) electrons. The Bertz CT molecular complexity index is 1170. The molecule has 0 spiro atoms. The highest BCUT2D eigenvalue weighted by atomic mass is 16.1. The molecule has 2 aromatic carbocycles. The summed E-state index contributed by atoms with van der Waals surface area (Å²) >= 11 is 0. The van der Waals surface area contributed by atoms with Crippen LogP contribution in [0.5, 0.6) is 0 Å². The van der Waals surface area contributed by atoms with Gasteiger partial charge in [0.2, 0.25) is 0 Å². The highest BCUT2D eigenvalue weighted by Crippen LogP contribution is 2.55. The van der Waals surface area contributed by atoms with Gasteiger partial charge < -0.3 is 10.6 Å². The van der Waals surface area contributed by atoms with Crippen molar-refractivity contribution in [1.82, 2.24) is 15.1 Å². The zero-order chi connectivity index (χ0) is 22.7. The third kappa shape index (κ3) is 3.36. The number of hydrogen-bond donors (Lipinski definition) is 2. The Balaban J connectivity index is 1.23. The van der Waals surface area contributed by atoms with Gasteiger partial charge >= 0.3 is 0 Å². The van der Waals surface area contributed by atoms with Gasteiger partial charge in [0.05, 0.1) is 18.3 Å². The monoisotopic (exact) mass is 452 g/mol. The van der Waals surface area contributed by atoms with Crippen LogP contribution in [0.2, 0.25) is 0 Å². The van der Waals surface area contributed by atoms with Gasteiger partial charge in [-0.15, -0.1) is 0 Å². The van der Waals surface area contributed by atoms with Gasteiger partial charge in [0, 0.05) is 5.54 Å².